The van der Waals surface area contributed by atoms with Gasteiger partial charge in [0, 0.05) is 0 Å². The number of carbonyl (C=O) groups excluding carboxylic acids is 1. The van der Waals surface area contributed by atoms with Gasteiger partial charge in [0.05, 0.1) is 18.8 Å². The lowest BCUT2D eigenvalue weighted by atomic mass is 10.0. The summed E-state index contributed by atoms with van der Waals surface area (Å²) in [4.78, 5) is 12.5. The molecule has 0 radical (unpaired) electrons. The van der Waals surface area contributed by atoms with Crippen LogP contribution in [0.1, 0.15) is 95.3 Å². The number of esters is 1. The number of ether oxygens (including phenoxy) is 3. The summed E-state index contributed by atoms with van der Waals surface area (Å²) in [6.45, 7) is 8.14. The first kappa shape index (κ1) is 28.5. The van der Waals surface area contributed by atoms with Gasteiger partial charge in [0.1, 0.15) is 17.2 Å². The standard InChI is InChI=1S/C31H44O4/c1-4-6-7-8-9-10-13-24-33-28-18-16-27(17-19-28)31(32)35-30-22-20-29(21-23-30)34-25-14-11-12-15-26(3)5-2/h7-8,16-23,26H,4-6,9-15,24-25H2,1-3H3/b8-7-/t26-/m0/s1. The minimum atomic E-state index is -0.384. The molecule has 1 atom stereocenters. The lowest BCUT2D eigenvalue weighted by molar-refractivity contribution is 0.0734. The van der Waals surface area contributed by atoms with E-state index in [4.69, 9.17) is 14.2 Å². The maximum atomic E-state index is 12.5. The zero-order valence-corrected chi connectivity index (χ0v) is 22.0. The number of hydrogen-bond donors (Lipinski definition) is 0. The Morgan fingerprint density at radius 2 is 1.31 bits per heavy atom. The number of rotatable bonds is 18. The van der Waals surface area contributed by atoms with E-state index in [1.807, 2.05) is 24.3 Å². The van der Waals surface area contributed by atoms with Gasteiger partial charge in [-0.3, -0.25) is 0 Å². The molecule has 0 aliphatic rings. The highest BCUT2D eigenvalue weighted by Crippen LogP contribution is 2.20. The average molecular weight is 481 g/mol. The smallest absolute Gasteiger partial charge is 0.343 e. The molecule has 0 saturated heterocycles. The van der Waals surface area contributed by atoms with E-state index in [1.54, 1.807) is 24.3 Å². The fraction of sp³-hybridized carbons (Fsp3) is 0.516. The molecule has 2 aromatic carbocycles. The quantitative estimate of drug-likeness (QED) is 0.0925. The predicted octanol–water partition coefficient (Wildman–Crippen LogP) is 8.80. The lowest BCUT2D eigenvalue weighted by Crippen LogP contribution is -2.08. The molecule has 0 N–H and O–H groups in total. The van der Waals surface area contributed by atoms with Crippen molar-refractivity contribution in [3.63, 3.8) is 0 Å². The lowest BCUT2D eigenvalue weighted by Gasteiger charge is -2.10. The van der Waals surface area contributed by atoms with Gasteiger partial charge in [0.2, 0.25) is 0 Å². The summed E-state index contributed by atoms with van der Waals surface area (Å²) in [6.07, 6.45) is 16.1. The Bertz CT molecular complexity index is 839. The van der Waals surface area contributed by atoms with Crippen molar-refractivity contribution in [3.8, 4) is 17.2 Å². The fourth-order valence-electron chi connectivity index (χ4n) is 3.58. The molecule has 0 heterocycles. The first-order chi connectivity index (χ1) is 17.1. The number of hydrogen-bond acceptors (Lipinski definition) is 4. The van der Waals surface area contributed by atoms with E-state index < -0.39 is 0 Å². The van der Waals surface area contributed by atoms with Crippen molar-refractivity contribution in [1.29, 1.82) is 0 Å². The van der Waals surface area contributed by atoms with Gasteiger partial charge < -0.3 is 14.2 Å². The summed E-state index contributed by atoms with van der Waals surface area (Å²) in [5.74, 6) is 2.50. The minimum absolute atomic E-state index is 0.384. The third-order valence-electron chi connectivity index (χ3n) is 6.09. The summed E-state index contributed by atoms with van der Waals surface area (Å²) < 4.78 is 17.1. The van der Waals surface area contributed by atoms with Crippen LogP contribution in [0.5, 0.6) is 17.2 Å². The molecule has 0 bridgehead atoms. The summed E-state index contributed by atoms with van der Waals surface area (Å²) in [5, 5.41) is 0. The zero-order valence-electron chi connectivity index (χ0n) is 22.0. The van der Waals surface area contributed by atoms with E-state index in [0.29, 0.717) is 24.5 Å². The molecule has 0 saturated carbocycles. The highest BCUT2D eigenvalue weighted by Gasteiger charge is 2.09. The molecular formula is C31H44O4. The van der Waals surface area contributed by atoms with Crippen LogP contribution >= 0.6 is 0 Å². The molecular weight excluding hydrogens is 436 g/mol. The van der Waals surface area contributed by atoms with Crippen LogP contribution in [0.25, 0.3) is 0 Å². The maximum Gasteiger partial charge on any atom is 0.343 e. The van der Waals surface area contributed by atoms with Gasteiger partial charge in [-0.15, -0.1) is 0 Å². The Morgan fingerprint density at radius 1 is 0.743 bits per heavy atom. The third-order valence-corrected chi connectivity index (χ3v) is 6.09. The Labute approximate surface area is 212 Å². The molecule has 4 heteroatoms. The Kier molecular flexibility index (Phi) is 14.4. The molecule has 0 fully saturated rings. The van der Waals surface area contributed by atoms with Crippen LogP contribution in [0.2, 0.25) is 0 Å². The molecule has 0 aliphatic heterocycles. The molecule has 0 unspecified atom stereocenters. The highest BCUT2D eigenvalue weighted by molar-refractivity contribution is 5.91. The Morgan fingerprint density at radius 3 is 1.94 bits per heavy atom. The largest absolute Gasteiger partial charge is 0.494 e. The van der Waals surface area contributed by atoms with Crippen LogP contribution in [0, 0.1) is 5.92 Å². The van der Waals surface area contributed by atoms with Gasteiger partial charge >= 0.3 is 5.97 Å². The monoisotopic (exact) mass is 480 g/mol. The van der Waals surface area contributed by atoms with E-state index in [1.165, 1.54) is 32.1 Å². The van der Waals surface area contributed by atoms with Crippen LogP contribution in [0.4, 0.5) is 0 Å². The summed E-state index contributed by atoms with van der Waals surface area (Å²) in [7, 11) is 0. The second kappa shape index (κ2) is 17.7. The van der Waals surface area contributed by atoms with Crippen molar-refractivity contribution >= 4 is 5.97 Å². The maximum absolute atomic E-state index is 12.5. The zero-order chi connectivity index (χ0) is 25.1. The fourth-order valence-corrected chi connectivity index (χ4v) is 3.58. The van der Waals surface area contributed by atoms with Crippen LogP contribution in [0.3, 0.4) is 0 Å². The molecule has 4 nitrogen and oxygen atoms in total. The van der Waals surface area contributed by atoms with Crippen molar-refractivity contribution in [2.75, 3.05) is 13.2 Å². The average Bonchev–Trinajstić information content (AvgIpc) is 2.88. The summed E-state index contributed by atoms with van der Waals surface area (Å²) in [5.41, 5.74) is 0.496. The summed E-state index contributed by atoms with van der Waals surface area (Å²) >= 11 is 0. The molecule has 2 rings (SSSR count). The molecule has 2 aromatic rings. The normalized spacial score (nSPS) is 12.0. The van der Waals surface area contributed by atoms with E-state index in [9.17, 15) is 4.79 Å². The molecule has 192 valence electrons. The topological polar surface area (TPSA) is 44.8 Å². The summed E-state index contributed by atoms with van der Waals surface area (Å²) in [6, 6.07) is 14.3. The highest BCUT2D eigenvalue weighted by atomic mass is 16.5. The van der Waals surface area contributed by atoms with Gasteiger partial charge in [-0.25, -0.2) is 4.79 Å². The van der Waals surface area contributed by atoms with Crippen molar-refractivity contribution in [2.45, 2.75) is 85.0 Å². The molecule has 0 amide bonds. The van der Waals surface area contributed by atoms with Gasteiger partial charge in [0.25, 0.3) is 0 Å². The van der Waals surface area contributed by atoms with E-state index in [2.05, 4.69) is 32.9 Å². The van der Waals surface area contributed by atoms with Crippen molar-refractivity contribution in [1.82, 2.24) is 0 Å². The molecule has 0 spiro atoms. The number of allylic oxidation sites excluding steroid dienone is 2. The van der Waals surface area contributed by atoms with E-state index >= 15 is 0 Å². The SMILES string of the molecule is CCC/C=C\CCCCOc1ccc(C(=O)Oc2ccc(OCCCCC[C@@H](C)CC)cc2)cc1. The first-order valence-electron chi connectivity index (χ1n) is 13.4. The van der Waals surface area contributed by atoms with E-state index in [0.717, 1.165) is 49.5 Å². The molecule has 0 aliphatic carbocycles. The van der Waals surface area contributed by atoms with Crippen molar-refractivity contribution in [3.05, 3.63) is 66.2 Å². The number of carbonyl (C=O) groups is 1. The van der Waals surface area contributed by atoms with Crippen molar-refractivity contribution < 1.29 is 19.0 Å². The van der Waals surface area contributed by atoms with E-state index in [-0.39, 0.29) is 5.97 Å². The predicted molar refractivity (Wildman–Crippen MR) is 145 cm³/mol. The second-order valence-corrected chi connectivity index (χ2v) is 9.20. The Hall–Kier alpha value is -2.75. The minimum Gasteiger partial charge on any atom is -0.494 e. The number of benzene rings is 2. The van der Waals surface area contributed by atoms with Gasteiger partial charge in [-0.2, -0.15) is 0 Å². The van der Waals surface area contributed by atoms with Crippen molar-refractivity contribution in [2.24, 2.45) is 5.92 Å². The van der Waals surface area contributed by atoms with Gasteiger partial charge in [-0.1, -0.05) is 65.0 Å². The third kappa shape index (κ3) is 12.5. The van der Waals surface area contributed by atoms with Crippen LogP contribution in [0.15, 0.2) is 60.7 Å². The molecule has 0 aromatic heterocycles. The van der Waals surface area contributed by atoms with Crippen LogP contribution in [-0.4, -0.2) is 19.2 Å². The van der Waals surface area contributed by atoms with Gasteiger partial charge in [0.15, 0.2) is 0 Å². The second-order valence-electron chi connectivity index (χ2n) is 9.20. The number of unbranched alkanes of at least 4 members (excludes halogenated alkanes) is 5. The van der Waals surface area contributed by atoms with Gasteiger partial charge in [-0.05, 0) is 86.6 Å². The first-order valence-corrected chi connectivity index (χ1v) is 13.4. The molecule has 35 heavy (non-hydrogen) atoms. The van der Waals surface area contributed by atoms with Crippen LogP contribution in [-0.2, 0) is 0 Å². The Balaban J connectivity index is 1.64. The van der Waals surface area contributed by atoms with Crippen LogP contribution < -0.4 is 14.2 Å².